The zero-order valence-electron chi connectivity index (χ0n) is 38.2. The molecule has 0 aliphatic heterocycles. The number of hydrogen-bond acceptors (Lipinski definition) is 1. The second-order valence-electron chi connectivity index (χ2n) is 17.0. The van der Waals surface area contributed by atoms with Crippen LogP contribution >= 0.6 is 0 Å². The lowest BCUT2D eigenvalue weighted by molar-refractivity contribution is 1.02. The highest BCUT2D eigenvalue weighted by Crippen LogP contribution is 2.39. The van der Waals surface area contributed by atoms with Crippen LogP contribution in [0.15, 0.2) is 255 Å². The van der Waals surface area contributed by atoms with Gasteiger partial charge >= 0.3 is 0 Å². The third-order valence-corrected chi connectivity index (χ3v) is 12.6. The highest BCUT2D eigenvalue weighted by molar-refractivity contribution is 6.19. The van der Waals surface area contributed by atoms with Crippen LogP contribution in [0, 0.1) is 0 Å². The standard InChI is InChI=1S/C64H56N2/c1-5-6-11-23-47(2)55-44-56(52-27-14-9-15-28-52)46-59(45-55)65(58-41-38-51(39-42-58)48(3)36-37-50-25-12-7-8-13-26-50)49(4)24-18-19-30-54-31-22-35-62-63(54)61-43-40-53-29-20-21-34-60(53)64(61)66(62)57-32-16-10-17-33-57/h5-12,14-25,27-29,31-46H,1,13,26,30H2,2-4H3/b11-6-,19-18-,47-23+,48-36+,49-24+,50-37-. The smallest absolute Gasteiger partial charge is 0.0619 e. The van der Waals surface area contributed by atoms with Gasteiger partial charge in [-0.1, -0.05) is 189 Å². The molecule has 0 unspecified atom stereocenters. The molecule has 1 aromatic heterocycles. The van der Waals surface area contributed by atoms with Crippen molar-refractivity contribution in [3.05, 3.63) is 271 Å². The summed E-state index contributed by atoms with van der Waals surface area (Å²) in [6.07, 6.45) is 30.9. The Labute approximate surface area is 390 Å². The highest BCUT2D eigenvalue weighted by Gasteiger charge is 2.18. The van der Waals surface area contributed by atoms with E-state index < -0.39 is 0 Å². The van der Waals surface area contributed by atoms with Gasteiger partial charge in [-0.2, -0.15) is 0 Å². The first-order chi connectivity index (χ1) is 32.5. The van der Waals surface area contributed by atoms with Gasteiger partial charge in [0.2, 0.25) is 0 Å². The van der Waals surface area contributed by atoms with Gasteiger partial charge in [-0.15, -0.1) is 0 Å². The third kappa shape index (κ3) is 9.46. The Hall–Kier alpha value is -7.94. The summed E-state index contributed by atoms with van der Waals surface area (Å²) in [5, 5.41) is 5.08. The van der Waals surface area contributed by atoms with E-state index in [1.807, 2.05) is 12.2 Å². The summed E-state index contributed by atoms with van der Waals surface area (Å²) >= 11 is 0. The van der Waals surface area contributed by atoms with Crippen LogP contribution in [-0.4, -0.2) is 4.57 Å². The molecule has 0 radical (unpaired) electrons. The van der Waals surface area contributed by atoms with E-state index in [1.165, 1.54) is 77.2 Å². The predicted molar refractivity (Wildman–Crippen MR) is 288 cm³/mol. The second kappa shape index (κ2) is 20.3. The molecule has 8 aromatic rings. The summed E-state index contributed by atoms with van der Waals surface area (Å²) in [5.41, 5.74) is 16.7. The quantitative estimate of drug-likeness (QED) is 0.105. The topological polar surface area (TPSA) is 8.17 Å². The molecule has 1 heterocycles. The first-order valence-electron chi connectivity index (χ1n) is 23.1. The second-order valence-corrected chi connectivity index (χ2v) is 17.0. The Balaban J connectivity index is 1.11. The van der Waals surface area contributed by atoms with E-state index in [1.54, 1.807) is 0 Å². The minimum atomic E-state index is 0.792. The van der Waals surface area contributed by atoms with E-state index in [-0.39, 0.29) is 0 Å². The largest absolute Gasteiger partial charge is 0.314 e. The summed E-state index contributed by atoms with van der Waals surface area (Å²) in [6.45, 7) is 10.5. The van der Waals surface area contributed by atoms with Gasteiger partial charge in [0.05, 0.1) is 11.0 Å². The van der Waals surface area contributed by atoms with Gasteiger partial charge in [0.15, 0.2) is 0 Å². The molecule has 322 valence electrons. The molecule has 2 heteroatoms. The average Bonchev–Trinajstić information content (AvgIpc) is 3.49. The predicted octanol–water partition coefficient (Wildman–Crippen LogP) is 17.8. The minimum Gasteiger partial charge on any atom is -0.314 e. The van der Waals surface area contributed by atoms with Crippen molar-refractivity contribution in [3.63, 3.8) is 0 Å². The van der Waals surface area contributed by atoms with Crippen molar-refractivity contribution in [2.24, 2.45) is 0 Å². The maximum atomic E-state index is 3.87. The molecule has 0 saturated heterocycles. The molecule has 9 rings (SSSR count). The number of fused-ring (bicyclic) bond motifs is 5. The highest BCUT2D eigenvalue weighted by atomic mass is 15.1. The maximum absolute atomic E-state index is 3.87. The Morgan fingerprint density at radius 2 is 1.39 bits per heavy atom. The Morgan fingerprint density at radius 1 is 0.621 bits per heavy atom. The van der Waals surface area contributed by atoms with Crippen molar-refractivity contribution in [2.45, 2.75) is 40.0 Å². The lowest BCUT2D eigenvalue weighted by Crippen LogP contribution is -2.15. The van der Waals surface area contributed by atoms with Crippen LogP contribution in [0.25, 0.3) is 60.5 Å². The molecule has 7 aromatic carbocycles. The molecule has 0 spiro atoms. The van der Waals surface area contributed by atoms with Gasteiger partial charge in [-0.25, -0.2) is 0 Å². The fraction of sp³-hybridized carbons (Fsp3) is 0.0938. The Kier molecular flexibility index (Phi) is 13.3. The van der Waals surface area contributed by atoms with Crippen molar-refractivity contribution >= 4 is 55.1 Å². The third-order valence-electron chi connectivity index (χ3n) is 12.6. The molecule has 1 aliphatic carbocycles. The monoisotopic (exact) mass is 852 g/mol. The molecule has 0 amide bonds. The zero-order chi connectivity index (χ0) is 45.2. The molecule has 1 aliphatic rings. The number of allylic oxidation sites excluding steroid dienone is 17. The van der Waals surface area contributed by atoms with Crippen molar-refractivity contribution in [2.75, 3.05) is 4.90 Å². The first-order valence-corrected chi connectivity index (χ1v) is 23.1. The molecule has 0 bridgehead atoms. The van der Waals surface area contributed by atoms with E-state index in [4.69, 9.17) is 0 Å². The van der Waals surface area contributed by atoms with Crippen LogP contribution in [0.3, 0.4) is 0 Å². The van der Waals surface area contributed by atoms with Gasteiger partial charge in [0.25, 0.3) is 0 Å². The van der Waals surface area contributed by atoms with E-state index >= 15 is 0 Å². The number of benzene rings is 7. The van der Waals surface area contributed by atoms with Crippen LogP contribution in [0.1, 0.15) is 50.3 Å². The van der Waals surface area contributed by atoms with Crippen molar-refractivity contribution in [1.29, 1.82) is 0 Å². The molecule has 2 nitrogen and oxygen atoms in total. The van der Waals surface area contributed by atoms with E-state index in [2.05, 4.69) is 261 Å². The zero-order valence-corrected chi connectivity index (χ0v) is 38.2. The molecule has 0 atom stereocenters. The summed E-state index contributed by atoms with van der Waals surface area (Å²) in [5.74, 6) is 0. The van der Waals surface area contributed by atoms with E-state index in [9.17, 15) is 0 Å². The summed E-state index contributed by atoms with van der Waals surface area (Å²) in [6, 6.07) is 57.5. The Bertz CT molecular complexity index is 3290. The molecule has 66 heavy (non-hydrogen) atoms. The summed E-state index contributed by atoms with van der Waals surface area (Å²) in [4.78, 5) is 2.39. The normalized spacial score (nSPS) is 14.3. The molecule has 0 fully saturated rings. The first kappa shape index (κ1) is 43.3. The van der Waals surface area contributed by atoms with Gasteiger partial charge in [-0.05, 0) is 145 Å². The maximum Gasteiger partial charge on any atom is 0.0619 e. The number of anilines is 2. The van der Waals surface area contributed by atoms with E-state index in [0.29, 0.717) is 0 Å². The van der Waals surface area contributed by atoms with Crippen LogP contribution in [-0.2, 0) is 6.42 Å². The lowest BCUT2D eigenvalue weighted by atomic mass is 9.97. The van der Waals surface area contributed by atoms with Crippen LogP contribution in [0.4, 0.5) is 11.4 Å². The molecular weight excluding hydrogens is 797 g/mol. The number of aromatic nitrogens is 1. The number of nitrogens with zero attached hydrogens (tertiary/aromatic N) is 2. The molecule has 0 saturated carbocycles. The number of para-hydroxylation sites is 1. The fourth-order valence-corrected chi connectivity index (χ4v) is 9.12. The van der Waals surface area contributed by atoms with Crippen molar-refractivity contribution in [3.8, 4) is 16.8 Å². The molecule has 0 N–H and O–H groups in total. The van der Waals surface area contributed by atoms with Crippen LogP contribution in [0.5, 0.6) is 0 Å². The lowest BCUT2D eigenvalue weighted by Gasteiger charge is -2.27. The van der Waals surface area contributed by atoms with Crippen molar-refractivity contribution in [1.82, 2.24) is 4.57 Å². The van der Waals surface area contributed by atoms with Crippen molar-refractivity contribution < 1.29 is 0 Å². The van der Waals surface area contributed by atoms with Crippen LogP contribution in [0.2, 0.25) is 0 Å². The van der Waals surface area contributed by atoms with Gasteiger partial charge < -0.3 is 9.47 Å². The molecular formula is C64H56N2. The number of hydrogen-bond donors (Lipinski definition) is 0. The SMILES string of the molecule is C=C/C=C\C=C(/C)c1cc(-c2ccccc2)cc(N(/C(C)=C/C=C\Cc2cccc3c2c2ccc4ccccc4c2n3-c2ccccc2)c2ccc(/C(C)=C/C=C3/C=CC=CCC3)cc2)c1. The van der Waals surface area contributed by atoms with Gasteiger partial charge in [0.1, 0.15) is 0 Å². The number of rotatable bonds is 13. The average molecular weight is 853 g/mol. The summed E-state index contributed by atoms with van der Waals surface area (Å²) < 4.78 is 2.44. The van der Waals surface area contributed by atoms with Gasteiger partial charge in [0, 0.05) is 38.9 Å². The summed E-state index contributed by atoms with van der Waals surface area (Å²) in [7, 11) is 0. The minimum absolute atomic E-state index is 0.792. The van der Waals surface area contributed by atoms with Crippen LogP contribution < -0.4 is 4.90 Å². The fourth-order valence-electron chi connectivity index (χ4n) is 9.12. The van der Waals surface area contributed by atoms with Gasteiger partial charge in [-0.3, -0.25) is 0 Å². The van der Waals surface area contributed by atoms with E-state index in [0.717, 1.165) is 41.9 Å². The Morgan fingerprint density at radius 3 is 2.21 bits per heavy atom.